The number of nitrogens with one attached hydrogen (secondary N) is 2. The Kier molecular flexibility index (Phi) is 6.79. The van der Waals surface area contributed by atoms with E-state index in [2.05, 4.69) is 10.6 Å². The summed E-state index contributed by atoms with van der Waals surface area (Å²) in [5.74, 6) is 1.16. The molecule has 0 bridgehead atoms. The maximum atomic E-state index is 13.1. The van der Waals surface area contributed by atoms with Crippen LogP contribution in [0.1, 0.15) is 26.2 Å². The van der Waals surface area contributed by atoms with Crippen LogP contribution in [0.3, 0.4) is 0 Å². The maximum Gasteiger partial charge on any atom is 0.322 e. The number of anilines is 1. The normalized spacial score (nSPS) is 27.6. The molecule has 0 spiro atoms. The molecule has 3 aliphatic heterocycles. The van der Waals surface area contributed by atoms with Crippen molar-refractivity contribution >= 4 is 17.6 Å². The van der Waals surface area contributed by atoms with E-state index in [9.17, 15) is 14.7 Å². The number of amides is 3. The topological polar surface area (TPSA) is 119 Å². The summed E-state index contributed by atoms with van der Waals surface area (Å²) in [5.41, 5.74) is 0.574. The minimum absolute atomic E-state index is 0.0504. The number of carbonyl (C=O) groups is 2. The van der Waals surface area contributed by atoms with Gasteiger partial charge < -0.3 is 39.6 Å². The standard InChI is InChI=1S/C21H29N3O7/c1-2-22-20(26)8-15-4-5-16-19(31-15)11-28-10-14(25)9-24(16)21(27)23-13-3-6-17-18(7-13)30-12-29-17/h3,6-7,14-16,19,25H,2,4-5,8-12H2,1H3,(H,22,26)(H,23,27)/t14-,15-,16+,19-/m1/s1. The van der Waals surface area contributed by atoms with Crippen molar-refractivity contribution < 1.29 is 33.6 Å². The summed E-state index contributed by atoms with van der Waals surface area (Å²) in [6.07, 6.45) is 0.184. The lowest BCUT2D eigenvalue weighted by Gasteiger charge is -2.44. The van der Waals surface area contributed by atoms with E-state index >= 15 is 0 Å². The van der Waals surface area contributed by atoms with Gasteiger partial charge in [0.25, 0.3) is 0 Å². The number of ether oxygens (including phenoxy) is 4. The van der Waals surface area contributed by atoms with Crippen molar-refractivity contribution in [1.29, 1.82) is 0 Å². The van der Waals surface area contributed by atoms with E-state index in [1.54, 1.807) is 23.1 Å². The molecule has 2 saturated heterocycles. The van der Waals surface area contributed by atoms with Crippen molar-refractivity contribution in [3.63, 3.8) is 0 Å². The lowest BCUT2D eigenvalue weighted by molar-refractivity contribution is -0.149. The fourth-order valence-corrected chi connectivity index (χ4v) is 4.22. The molecule has 4 atom stereocenters. The lowest BCUT2D eigenvalue weighted by atomic mass is 9.95. The van der Waals surface area contributed by atoms with Gasteiger partial charge in [-0.25, -0.2) is 4.79 Å². The second kappa shape index (κ2) is 9.71. The highest BCUT2D eigenvalue weighted by molar-refractivity contribution is 5.90. The Bertz CT molecular complexity index is 805. The smallest absolute Gasteiger partial charge is 0.322 e. The zero-order valence-electron chi connectivity index (χ0n) is 17.5. The van der Waals surface area contributed by atoms with Gasteiger partial charge in [-0.3, -0.25) is 4.79 Å². The number of nitrogens with zero attached hydrogens (tertiary/aromatic N) is 1. The number of hydrogen-bond acceptors (Lipinski definition) is 7. The largest absolute Gasteiger partial charge is 0.454 e. The first-order chi connectivity index (χ1) is 15.0. The number of rotatable bonds is 4. The van der Waals surface area contributed by atoms with Crippen molar-refractivity contribution in [3.8, 4) is 11.5 Å². The Morgan fingerprint density at radius 2 is 2.03 bits per heavy atom. The minimum atomic E-state index is -0.795. The minimum Gasteiger partial charge on any atom is -0.454 e. The van der Waals surface area contributed by atoms with E-state index in [0.717, 1.165) is 0 Å². The molecular weight excluding hydrogens is 406 g/mol. The summed E-state index contributed by atoms with van der Waals surface area (Å²) < 4.78 is 22.4. The molecule has 2 fully saturated rings. The van der Waals surface area contributed by atoms with Crippen molar-refractivity contribution in [3.05, 3.63) is 18.2 Å². The average molecular weight is 435 g/mol. The summed E-state index contributed by atoms with van der Waals surface area (Å²) in [6.45, 7) is 3.10. The van der Waals surface area contributed by atoms with Crippen LogP contribution in [0, 0.1) is 0 Å². The predicted octanol–water partition coefficient (Wildman–Crippen LogP) is 1.08. The highest BCUT2D eigenvalue weighted by Crippen LogP contribution is 2.34. The molecule has 10 heteroatoms. The van der Waals surface area contributed by atoms with Crippen LogP contribution in [0.5, 0.6) is 11.5 Å². The van der Waals surface area contributed by atoms with Crippen molar-refractivity contribution in [2.24, 2.45) is 0 Å². The Balaban J connectivity index is 1.44. The zero-order valence-corrected chi connectivity index (χ0v) is 17.5. The molecule has 0 unspecified atom stereocenters. The van der Waals surface area contributed by atoms with Crippen LogP contribution >= 0.6 is 0 Å². The molecule has 3 N–H and O–H groups in total. The number of carbonyl (C=O) groups excluding carboxylic acids is 2. The third-order valence-electron chi connectivity index (χ3n) is 5.65. The maximum absolute atomic E-state index is 13.1. The first kappa shape index (κ1) is 21.7. The number of aliphatic hydroxyl groups excluding tert-OH is 1. The van der Waals surface area contributed by atoms with Gasteiger partial charge in [-0.2, -0.15) is 0 Å². The molecular formula is C21H29N3O7. The summed E-state index contributed by atoms with van der Waals surface area (Å²) >= 11 is 0. The van der Waals surface area contributed by atoms with Crippen molar-refractivity contribution in [2.45, 2.75) is 50.5 Å². The highest BCUT2D eigenvalue weighted by atomic mass is 16.7. The number of urea groups is 1. The monoisotopic (exact) mass is 435 g/mol. The van der Waals surface area contributed by atoms with Crippen LogP contribution < -0.4 is 20.1 Å². The summed E-state index contributed by atoms with van der Waals surface area (Å²) in [7, 11) is 0. The Hall–Kier alpha value is -2.56. The molecule has 0 aromatic heterocycles. The first-order valence-electron chi connectivity index (χ1n) is 10.7. The second-order valence-electron chi connectivity index (χ2n) is 7.94. The van der Waals surface area contributed by atoms with Crippen LogP contribution in [0.15, 0.2) is 18.2 Å². The number of benzene rings is 1. The van der Waals surface area contributed by atoms with E-state index in [-0.39, 0.29) is 63.2 Å². The van der Waals surface area contributed by atoms with Gasteiger partial charge in [0.1, 0.15) is 6.10 Å². The quantitative estimate of drug-likeness (QED) is 0.648. The molecule has 1 aromatic carbocycles. The van der Waals surface area contributed by atoms with Crippen molar-refractivity contribution in [1.82, 2.24) is 10.2 Å². The van der Waals surface area contributed by atoms with Crippen LogP contribution in [0.4, 0.5) is 10.5 Å². The van der Waals surface area contributed by atoms with Gasteiger partial charge in [0, 0.05) is 18.3 Å². The summed E-state index contributed by atoms with van der Waals surface area (Å²) in [4.78, 5) is 26.7. The number of β-amino-alcohol motifs (C(OH)–C–C–N with tert-alkyl or cyclic N) is 1. The van der Waals surface area contributed by atoms with Crippen LogP contribution in [0.25, 0.3) is 0 Å². The number of hydrogen-bond donors (Lipinski definition) is 3. The van der Waals surface area contributed by atoms with E-state index < -0.39 is 6.10 Å². The molecule has 4 rings (SSSR count). The summed E-state index contributed by atoms with van der Waals surface area (Å²) in [6, 6.07) is 4.59. The van der Waals surface area contributed by atoms with E-state index in [0.29, 0.717) is 36.6 Å². The number of fused-ring (bicyclic) bond motifs is 2. The van der Waals surface area contributed by atoms with Gasteiger partial charge in [0.2, 0.25) is 12.7 Å². The number of aliphatic hydroxyl groups is 1. The van der Waals surface area contributed by atoms with E-state index in [4.69, 9.17) is 18.9 Å². The van der Waals surface area contributed by atoms with Crippen molar-refractivity contribution in [2.75, 3.05) is 38.4 Å². The molecule has 0 radical (unpaired) electrons. The van der Waals surface area contributed by atoms with Gasteiger partial charge >= 0.3 is 6.03 Å². The average Bonchev–Trinajstić information content (AvgIpc) is 3.19. The fraction of sp³-hybridized carbons (Fsp3) is 0.619. The molecule has 1 aromatic rings. The van der Waals surface area contributed by atoms with Gasteiger partial charge in [0.05, 0.1) is 44.4 Å². The Morgan fingerprint density at radius 3 is 2.87 bits per heavy atom. The van der Waals surface area contributed by atoms with E-state index in [1.165, 1.54) is 0 Å². The predicted molar refractivity (Wildman–Crippen MR) is 110 cm³/mol. The molecule has 0 saturated carbocycles. The van der Waals surface area contributed by atoms with E-state index in [1.807, 2.05) is 6.92 Å². The Morgan fingerprint density at radius 1 is 1.19 bits per heavy atom. The SMILES string of the molecule is CCNC(=O)C[C@H]1CC[C@H]2[C@@H](COC[C@H](O)CN2C(=O)Nc2ccc3c(c2)OCO3)O1. The lowest BCUT2D eigenvalue weighted by Crippen LogP contribution is -2.58. The first-order valence-corrected chi connectivity index (χ1v) is 10.7. The molecule has 0 aliphatic carbocycles. The molecule has 3 heterocycles. The third-order valence-corrected chi connectivity index (χ3v) is 5.65. The fourth-order valence-electron chi connectivity index (χ4n) is 4.22. The summed E-state index contributed by atoms with van der Waals surface area (Å²) in [5, 5.41) is 15.9. The van der Waals surface area contributed by atoms with Crippen LogP contribution in [-0.4, -0.2) is 79.4 Å². The highest BCUT2D eigenvalue weighted by Gasteiger charge is 2.40. The molecule has 3 aliphatic rings. The third kappa shape index (κ3) is 5.20. The zero-order chi connectivity index (χ0) is 21.8. The van der Waals surface area contributed by atoms with Crippen LogP contribution in [0.2, 0.25) is 0 Å². The second-order valence-corrected chi connectivity index (χ2v) is 7.94. The van der Waals surface area contributed by atoms with Crippen LogP contribution in [-0.2, 0) is 14.3 Å². The van der Waals surface area contributed by atoms with Gasteiger partial charge in [0.15, 0.2) is 11.5 Å². The molecule has 170 valence electrons. The van der Waals surface area contributed by atoms with Gasteiger partial charge in [-0.05, 0) is 31.9 Å². The van der Waals surface area contributed by atoms with Gasteiger partial charge in [-0.1, -0.05) is 0 Å². The Labute approximate surface area is 180 Å². The van der Waals surface area contributed by atoms with Gasteiger partial charge in [-0.15, -0.1) is 0 Å². The molecule has 10 nitrogen and oxygen atoms in total. The molecule has 31 heavy (non-hydrogen) atoms. The molecule has 3 amide bonds.